The van der Waals surface area contributed by atoms with E-state index in [1.165, 1.54) is 4.88 Å². The molecule has 0 aliphatic rings. The number of hydrogen-bond acceptors (Lipinski definition) is 4. The van der Waals surface area contributed by atoms with Gasteiger partial charge in [-0.2, -0.15) is 0 Å². The van der Waals surface area contributed by atoms with E-state index in [1.54, 1.807) is 17.5 Å². The summed E-state index contributed by atoms with van der Waals surface area (Å²) in [6.45, 7) is 4.97. The first-order chi connectivity index (χ1) is 11.8. The summed E-state index contributed by atoms with van der Waals surface area (Å²) in [5, 5.41) is 12.2. The third kappa shape index (κ3) is 6.58. The molecule has 1 atom stereocenters. The molecule has 0 aliphatic carbocycles. The molecule has 130 valence electrons. The Balaban J connectivity index is 1.55. The number of anilines is 1. The van der Waals surface area contributed by atoms with E-state index in [0.717, 1.165) is 44.3 Å². The van der Waals surface area contributed by atoms with Gasteiger partial charge in [-0.05, 0) is 36.4 Å². The lowest BCUT2D eigenvalue weighted by atomic mass is 10.1. The number of rotatable bonds is 9. The predicted molar refractivity (Wildman–Crippen MR) is 104 cm³/mol. The number of aromatic nitrogens is 1. The summed E-state index contributed by atoms with van der Waals surface area (Å²) >= 11 is 1.80. The molecule has 0 fully saturated rings. The van der Waals surface area contributed by atoms with Gasteiger partial charge in [-0.1, -0.05) is 19.1 Å². The second-order valence-electron chi connectivity index (χ2n) is 5.65. The number of thiophene rings is 1. The van der Waals surface area contributed by atoms with Crippen LogP contribution in [0.3, 0.4) is 0 Å². The summed E-state index contributed by atoms with van der Waals surface area (Å²) in [6, 6.07) is 10.2. The minimum Gasteiger partial charge on any atom is -0.370 e. The van der Waals surface area contributed by atoms with Crippen molar-refractivity contribution in [2.24, 2.45) is 4.99 Å². The molecule has 6 heteroatoms. The molecule has 2 aromatic rings. The number of hydrogen-bond donors (Lipinski definition) is 3. The Kier molecular flexibility index (Phi) is 8.10. The second kappa shape index (κ2) is 10.6. The number of unbranched alkanes of at least 4 members (excludes halogenated alkanes) is 1. The van der Waals surface area contributed by atoms with Gasteiger partial charge >= 0.3 is 0 Å². The first kappa shape index (κ1) is 18.3. The molecular formula is C18H27N5S. The molecule has 1 unspecified atom stereocenters. The minimum atomic E-state index is 0.492. The fourth-order valence-electron chi connectivity index (χ4n) is 2.28. The molecule has 2 rings (SSSR count). The van der Waals surface area contributed by atoms with E-state index in [0.29, 0.717) is 5.92 Å². The van der Waals surface area contributed by atoms with E-state index < -0.39 is 0 Å². The summed E-state index contributed by atoms with van der Waals surface area (Å²) in [7, 11) is 1.81. The van der Waals surface area contributed by atoms with E-state index in [2.05, 4.69) is 50.4 Å². The molecule has 0 radical (unpaired) electrons. The normalized spacial score (nSPS) is 12.7. The van der Waals surface area contributed by atoms with E-state index >= 15 is 0 Å². The third-order valence-electron chi connectivity index (χ3n) is 3.70. The Bertz CT molecular complexity index is 583. The number of guanidine groups is 1. The van der Waals surface area contributed by atoms with Gasteiger partial charge in [0.1, 0.15) is 5.82 Å². The highest BCUT2D eigenvalue weighted by atomic mass is 32.1. The Hall–Kier alpha value is -2.08. The molecule has 0 spiro atoms. The molecule has 3 N–H and O–H groups in total. The van der Waals surface area contributed by atoms with Crippen LogP contribution in [0.5, 0.6) is 0 Å². The molecular weight excluding hydrogens is 318 g/mol. The zero-order chi connectivity index (χ0) is 17.0. The number of aliphatic imine (C=N–C) groups is 1. The number of nitrogens with zero attached hydrogens (tertiary/aromatic N) is 2. The maximum Gasteiger partial charge on any atom is 0.190 e. The third-order valence-corrected chi connectivity index (χ3v) is 4.80. The highest BCUT2D eigenvalue weighted by molar-refractivity contribution is 7.10. The van der Waals surface area contributed by atoms with Crippen molar-refractivity contribution in [1.29, 1.82) is 0 Å². The van der Waals surface area contributed by atoms with Crippen molar-refractivity contribution < 1.29 is 0 Å². The van der Waals surface area contributed by atoms with Gasteiger partial charge in [0, 0.05) is 43.7 Å². The molecule has 24 heavy (non-hydrogen) atoms. The molecule has 2 aromatic heterocycles. The lowest BCUT2D eigenvalue weighted by Gasteiger charge is -2.15. The molecule has 0 aromatic carbocycles. The largest absolute Gasteiger partial charge is 0.370 e. The van der Waals surface area contributed by atoms with Crippen molar-refractivity contribution in [3.63, 3.8) is 0 Å². The topological polar surface area (TPSA) is 61.3 Å². The molecule has 2 heterocycles. The zero-order valence-corrected chi connectivity index (χ0v) is 15.3. The molecule has 5 nitrogen and oxygen atoms in total. The van der Waals surface area contributed by atoms with Crippen molar-refractivity contribution in [3.8, 4) is 0 Å². The van der Waals surface area contributed by atoms with Crippen LogP contribution in [0.25, 0.3) is 0 Å². The van der Waals surface area contributed by atoms with Gasteiger partial charge in [-0.15, -0.1) is 11.3 Å². The van der Waals surface area contributed by atoms with Gasteiger partial charge in [0.2, 0.25) is 0 Å². The maximum absolute atomic E-state index is 4.28. The SMILES string of the molecule is CN=C(NCCCCNc1ccccn1)NCC(C)c1cccs1. The molecule has 0 saturated carbocycles. The van der Waals surface area contributed by atoms with Gasteiger partial charge in [0.05, 0.1) is 0 Å². The predicted octanol–water partition coefficient (Wildman–Crippen LogP) is 3.30. The van der Waals surface area contributed by atoms with Crippen LogP contribution in [-0.4, -0.2) is 37.6 Å². The summed E-state index contributed by atoms with van der Waals surface area (Å²) in [5.41, 5.74) is 0. The molecule has 0 bridgehead atoms. The van der Waals surface area contributed by atoms with Crippen LogP contribution in [0.2, 0.25) is 0 Å². The average Bonchev–Trinajstić information content (AvgIpc) is 3.16. The molecule has 0 saturated heterocycles. The first-order valence-corrected chi connectivity index (χ1v) is 9.30. The standard InChI is InChI=1S/C18H27N5S/c1-15(16-8-7-13-24-16)14-23-18(19-2)22-12-6-5-11-21-17-9-3-4-10-20-17/h3-4,7-10,13,15H,5-6,11-12,14H2,1-2H3,(H,20,21)(H2,19,22,23). The Morgan fingerprint density at radius 1 is 1.17 bits per heavy atom. The van der Waals surface area contributed by atoms with E-state index in [1.807, 2.05) is 25.2 Å². The average molecular weight is 346 g/mol. The van der Waals surface area contributed by atoms with E-state index in [4.69, 9.17) is 0 Å². The summed E-state index contributed by atoms with van der Waals surface area (Å²) in [6.07, 6.45) is 3.98. The Labute approximate surface area is 148 Å². The van der Waals surface area contributed by atoms with Gasteiger partial charge < -0.3 is 16.0 Å². The highest BCUT2D eigenvalue weighted by Gasteiger charge is 2.07. The van der Waals surface area contributed by atoms with Crippen molar-refractivity contribution in [2.45, 2.75) is 25.7 Å². The van der Waals surface area contributed by atoms with Crippen LogP contribution in [0.1, 0.15) is 30.6 Å². The van der Waals surface area contributed by atoms with Gasteiger partial charge in [0.15, 0.2) is 5.96 Å². The molecule has 0 amide bonds. The van der Waals surface area contributed by atoms with Gasteiger partial charge in [-0.3, -0.25) is 4.99 Å². The van der Waals surface area contributed by atoms with Crippen LogP contribution in [0.4, 0.5) is 5.82 Å². The monoisotopic (exact) mass is 345 g/mol. The summed E-state index contributed by atoms with van der Waals surface area (Å²) in [4.78, 5) is 9.93. The summed E-state index contributed by atoms with van der Waals surface area (Å²) < 4.78 is 0. The van der Waals surface area contributed by atoms with Crippen molar-refractivity contribution in [3.05, 3.63) is 46.8 Å². The first-order valence-electron chi connectivity index (χ1n) is 8.42. The van der Waals surface area contributed by atoms with Gasteiger partial charge in [-0.25, -0.2) is 4.98 Å². The number of pyridine rings is 1. The zero-order valence-electron chi connectivity index (χ0n) is 14.5. The van der Waals surface area contributed by atoms with Crippen LogP contribution in [0, 0.1) is 0 Å². The van der Waals surface area contributed by atoms with Crippen molar-refractivity contribution >= 4 is 23.1 Å². The van der Waals surface area contributed by atoms with Crippen LogP contribution >= 0.6 is 11.3 Å². The van der Waals surface area contributed by atoms with Crippen molar-refractivity contribution in [1.82, 2.24) is 15.6 Å². The fourth-order valence-corrected chi connectivity index (χ4v) is 3.07. The Morgan fingerprint density at radius 2 is 2.04 bits per heavy atom. The number of nitrogens with one attached hydrogen (secondary N) is 3. The Morgan fingerprint density at radius 3 is 2.75 bits per heavy atom. The van der Waals surface area contributed by atoms with E-state index in [9.17, 15) is 0 Å². The van der Waals surface area contributed by atoms with Crippen molar-refractivity contribution in [2.75, 3.05) is 32.0 Å². The van der Waals surface area contributed by atoms with E-state index in [-0.39, 0.29) is 0 Å². The van der Waals surface area contributed by atoms with Crippen LogP contribution in [-0.2, 0) is 0 Å². The maximum atomic E-state index is 4.28. The lowest BCUT2D eigenvalue weighted by Crippen LogP contribution is -2.39. The molecule has 0 aliphatic heterocycles. The lowest BCUT2D eigenvalue weighted by molar-refractivity contribution is 0.684. The highest BCUT2D eigenvalue weighted by Crippen LogP contribution is 2.19. The smallest absolute Gasteiger partial charge is 0.190 e. The quantitative estimate of drug-likeness (QED) is 0.371. The van der Waals surface area contributed by atoms with Gasteiger partial charge in [0.25, 0.3) is 0 Å². The summed E-state index contributed by atoms with van der Waals surface area (Å²) in [5.74, 6) is 2.30. The van der Waals surface area contributed by atoms with Crippen LogP contribution < -0.4 is 16.0 Å². The fraction of sp³-hybridized carbons (Fsp3) is 0.444. The minimum absolute atomic E-state index is 0.492. The van der Waals surface area contributed by atoms with Crippen LogP contribution in [0.15, 0.2) is 46.9 Å². The second-order valence-corrected chi connectivity index (χ2v) is 6.62.